The van der Waals surface area contributed by atoms with E-state index in [1.165, 1.54) is 4.90 Å². The quantitative estimate of drug-likeness (QED) is 0.712. The fraction of sp³-hybridized carbons (Fsp3) is 0.846. The predicted molar refractivity (Wildman–Crippen MR) is 74.6 cm³/mol. The van der Waals surface area contributed by atoms with Crippen LogP contribution in [0.25, 0.3) is 0 Å². The van der Waals surface area contributed by atoms with Crippen LogP contribution in [-0.2, 0) is 4.79 Å². The third-order valence-corrected chi connectivity index (χ3v) is 3.50. The number of aliphatic carboxylic acids is 1. The molecule has 2 N–H and O–H groups in total. The van der Waals surface area contributed by atoms with E-state index in [0.717, 1.165) is 13.0 Å². The monoisotopic (exact) mass is 287 g/mol. The number of rotatable bonds is 6. The van der Waals surface area contributed by atoms with Gasteiger partial charge in [0.2, 0.25) is 0 Å². The second-order valence-electron chi connectivity index (χ2n) is 5.41. The molecule has 2 amide bonds. The summed E-state index contributed by atoms with van der Waals surface area (Å²) in [5.41, 5.74) is 0. The Morgan fingerprint density at radius 3 is 2.45 bits per heavy atom. The Morgan fingerprint density at radius 1 is 1.30 bits per heavy atom. The standard InChI is InChI=1S/C13H25N3O4/c1-4-15(7-5-6-14(2)3)13(20)16-9-10(17)8-11(16)12(18)19/h10-11,17H,4-9H2,1-3H3,(H,18,19)/t10-,11+/m1/s1. The zero-order valence-corrected chi connectivity index (χ0v) is 12.4. The number of hydrogen-bond donors (Lipinski definition) is 2. The van der Waals surface area contributed by atoms with Gasteiger partial charge in [0.05, 0.1) is 6.10 Å². The van der Waals surface area contributed by atoms with Gasteiger partial charge in [0, 0.05) is 26.1 Å². The second-order valence-corrected chi connectivity index (χ2v) is 5.41. The summed E-state index contributed by atoms with van der Waals surface area (Å²) in [4.78, 5) is 28.5. The first-order valence-electron chi connectivity index (χ1n) is 6.98. The highest BCUT2D eigenvalue weighted by molar-refractivity contribution is 5.83. The Labute approximate surface area is 119 Å². The molecule has 1 aliphatic rings. The minimum absolute atomic E-state index is 0.0972. The van der Waals surface area contributed by atoms with Crippen LogP contribution >= 0.6 is 0 Å². The van der Waals surface area contributed by atoms with Gasteiger partial charge in [-0.25, -0.2) is 9.59 Å². The van der Waals surface area contributed by atoms with Crippen LogP contribution in [0.5, 0.6) is 0 Å². The smallest absolute Gasteiger partial charge is 0.326 e. The maximum atomic E-state index is 12.4. The summed E-state index contributed by atoms with van der Waals surface area (Å²) in [5.74, 6) is -1.06. The van der Waals surface area contributed by atoms with Gasteiger partial charge in [-0.2, -0.15) is 0 Å². The van der Waals surface area contributed by atoms with E-state index in [1.54, 1.807) is 4.90 Å². The van der Waals surface area contributed by atoms with Crippen molar-refractivity contribution in [2.75, 3.05) is 40.3 Å². The van der Waals surface area contributed by atoms with Gasteiger partial charge in [-0.05, 0) is 34.0 Å². The normalized spacial score (nSPS) is 22.4. The fourth-order valence-corrected chi connectivity index (χ4v) is 2.41. The Morgan fingerprint density at radius 2 is 1.95 bits per heavy atom. The van der Waals surface area contributed by atoms with Crippen molar-refractivity contribution in [3.8, 4) is 0 Å². The van der Waals surface area contributed by atoms with Crippen LogP contribution in [0.4, 0.5) is 4.79 Å². The Balaban J connectivity index is 2.62. The Bertz CT molecular complexity index is 349. The van der Waals surface area contributed by atoms with Crippen molar-refractivity contribution in [3.05, 3.63) is 0 Å². The van der Waals surface area contributed by atoms with Crippen LogP contribution in [-0.4, -0.2) is 89.3 Å². The predicted octanol–water partition coefficient (Wildman–Crippen LogP) is -0.100. The van der Waals surface area contributed by atoms with E-state index >= 15 is 0 Å². The molecule has 0 aromatic rings. The van der Waals surface area contributed by atoms with E-state index in [4.69, 9.17) is 5.11 Å². The maximum Gasteiger partial charge on any atom is 0.326 e. The molecule has 1 saturated heterocycles. The van der Waals surface area contributed by atoms with E-state index in [2.05, 4.69) is 0 Å². The lowest BCUT2D eigenvalue weighted by Gasteiger charge is -2.29. The lowest BCUT2D eigenvalue weighted by atomic mass is 10.2. The molecule has 1 rings (SSSR count). The van der Waals surface area contributed by atoms with Crippen LogP contribution in [0.2, 0.25) is 0 Å². The third-order valence-electron chi connectivity index (χ3n) is 3.50. The maximum absolute atomic E-state index is 12.4. The molecule has 116 valence electrons. The highest BCUT2D eigenvalue weighted by Crippen LogP contribution is 2.20. The SMILES string of the molecule is CCN(CCCN(C)C)C(=O)N1C[C@H](O)C[C@H]1C(=O)O. The summed E-state index contributed by atoms with van der Waals surface area (Å²) >= 11 is 0. The summed E-state index contributed by atoms with van der Waals surface area (Å²) in [6.07, 6.45) is 0.192. The molecule has 0 radical (unpaired) electrons. The molecule has 0 aromatic heterocycles. The summed E-state index contributed by atoms with van der Waals surface area (Å²) in [7, 11) is 3.94. The molecule has 0 aliphatic carbocycles. The number of aliphatic hydroxyl groups is 1. The minimum Gasteiger partial charge on any atom is -0.480 e. The lowest BCUT2D eigenvalue weighted by Crippen LogP contribution is -2.48. The number of β-amino-alcohol motifs (C(OH)–C–C–N with tert-alkyl or cyclic N) is 1. The van der Waals surface area contributed by atoms with Crippen molar-refractivity contribution in [2.24, 2.45) is 0 Å². The van der Waals surface area contributed by atoms with Crippen molar-refractivity contribution in [1.29, 1.82) is 0 Å². The van der Waals surface area contributed by atoms with E-state index in [-0.39, 0.29) is 19.0 Å². The van der Waals surface area contributed by atoms with E-state index in [9.17, 15) is 14.7 Å². The van der Waals surface area contributed by atoms with E-state index < -0.39 is 18.1 Å². The number of aliphatic hydroxyl groups excluding tert-OH is 1. The van der Waals surface area contributed by atoms with Gasteiger partial charge < -0.3 is 24.9 Å². The average molecular weight is 287 g/mol. The van der Waals surface area contributed by atoms with Gasteiger partial charge in [0.15, 0.2) is 0 Å². The number of likely N-dealkylation sites (tertiary alicyclic amines) is 1. The van der Waals surface area contributed by atoms with Crippen LogP contribution in [0, 0.1) is 0 Å². The first-order valence-corrected chi connectivity index (χ1v) is 6.98. The molecule has 7 nitrogen and oxygen atoms in total. The molecule has 1 fully saturated rings. The lowest BCUT2D eigenvalue weighted by molar-refractivity contribution is -0.141. The van der Waals surface area contributed by atoms with Crippen LogP contribution in [0.15, 0.2) is 0 Å². The first kappa shape index (κ1) is 16.7. The highest BCUT2D eigenvalue weighted by atomic mass is 16.4. The first-order chi connectivity index (χ1) is 9.36. The molecule has 0 unspecified atom stereocenters. The number of hydrogen-bond acceptors (Lipinski definition) is 4. The molecule has 1 aliphatic heterocycles. The van der Waals surface area contributed by atoms with Crippen LogP contribution in [0.1, 0.15) is 19.8 Å². The van der Waals surface area contributed by atoms with Crippen molar-refractivity contribution < 1.29 is 19.8 Å². The van der Waals surface area contributed by atoms with Crippen molar-refractivity contribution in [1.82, 2.24) is 14.7 Å². The number of carboxylic acids is 1. The summed E-state index contributed by atoms with van der Waals surface area (Å²) in [6, 6.07) is -1.21. The Kier molecular flexibility index (Phi) is 6.22. The molecule has 7 heteroatoms. The number of carboxylic acid groups (broad SMARTS) is 1. The van der Waals surface area contributed by atoms with Crippen molar-refractivity contribution in [2.45, 2.75) is 31.9 Å². The van der Waals surface area contributed by atoms with Gasteiger partial charge in [-0.15, -0.1) is 0 Å². The fourth-order valence-electron chi connectivity index (χ4n) is 2.41. The van der Waals surface area contributed by atoms with Gasteiger partial charge >= 0.3 is 12.0 Å². The molecule has 0 saturated carbocycles. The van der Waals surface area contributed by atoms with Gasteiger partial charge in [0.1, 0.15) is 6.04 Å². The second kappa shape index (κ2) is 7.44. The van der Waals surface area contributed by atoms with Gasteiger partial charge in [-0.1, -0.05) is 0 Å². The molecule has 0 spiro atoms. The van der Waals surface area contributed by atoms with E-state index in [0.29, 0.717) is 13.1 Å². The number of carbonyl (C=O) groups is 2. The average Bonchev–Trinajstić information content (AvgIpc) is 2.76. The van der Waals surface area contributed by atoms with Crippen LogP contribution < -0.4 is 0 Å². The molecule has 1 heterocycles. The zero-order valence-electron chi connectivity index (χ0n) is 12.4. The summed E-state index contributed by atoms with van der Waals surface area (Å²) < 4.78 is 0. The zero-order chi connectivity index (χ0) is 15.3. The number of carbonyl (C=O) groups excluding carboxylic acids is 1. The summed E-state index contributed by atoms with van der Waals surface area (Å²) in [6.45, 7) is 3.96. The molecular formula is C13H25N3O4. The molecular weight excluding hydrogens is 262 g/mol. The molecule has 0 bridgehead atoms. The molecule has 0 aromatic carbocycles. The largest absolute Gasteiger partial charge is 0.480 e. The van der Waals surface area contributed by atoms with Crippen molar-refractivity contribution in [3.63, 3.8) is 0 Å². The minimum atomic E-state index is -1.06. The Hall–Kier alpha value is -1.34. The third kappa shape index (κ3) is 4.35. The molecule has 2 atom stereocenters. The van der Waals surface area contributed by atoms with Crippen LogP contribution in [0.3, 0.4) is 0 Å². The van der Waals surface area contributed by atoms with E-state index in [1.807, 2.05) is 25.9 Å². The molecule has 20 heavy (non-hydrogen) atoms. The topological polar surface area (TPSA) is 84.3 Å². The number of amides is 2. The van der Waals surface area contributed by atoms with Gasteiger partial charge in [0.25, 0.3) is 0 Å². The van der Waals surface area contributed by atoms with Crippen molar-refractivity contribution >= 4 is 12.0 Å². The van der Waals surface area contributed by atoms with Gasteiger partial charge in [-0.3, -0.25) is 0 Å². The number of nitrogens with zero attached hydrogens (tertiary/aromatic N) is 3. The highest BCUT2D eigenvalue weighted by Gasteiger charge is 2.40. The summed E-state index contributed by atoms with van der Waals surface area (Å²) in [5, 5.41) is 18.7. The number of urea groups is 1.